The lowest BCUT2D eigenvalue weighted by atomic mass is 10.4. The summed E-state index contributed by atoms with van der Waals surface area (Å²) in [5.74, 6) is -2.32. The number of primary amides is 1. The molecule has 0 saturated heterocycles. The maximum atomic E-state index is 10.5. The summed E-state index contributed by atoms with van der Waals surface area (Å²) < 4.78 is 8.64. The van der Waals surface area contributed by atoms with Gasteiger partial charge in [0.05, 0.1) is 13.2 Å². The van der Waals surface area contributed by atoms with Gasteiger partial charge in [-0.05, 0) is 27.7 Å². The summed E-state index contributed by atoms with van der Waals surface area (Å²) in [7, 11) is 0. The van der Waals surface area contributed by atoms with Crippen molar-refractivity contribution in [3.05, 3.63) is 36.5 Å². The topological polar surface area (TPSA) is 173 Å². The van der Waals surface area contributed by atoms with Crippen LogP contribution in [-0.4, -0.2) is 59.1 Å². The van der Waals surface area contributed by atoms with Crippen LogP contribution in [-0.2, 0) is 23.9 Å². The maximum Gasteiger partial charge on any atom is 0.404 e. The van der Waals surface area contributed by atoms with Crippen molar-refractivity contribution in [3.63, 3.8) is 0 Å². The third-order valence-electron chi connectivity index (χ3n) is 1.69. The number of carboxylic acids is 2. The first-order valence-corrected chi connectivity index (χ1v) is 7.37. The molecule has 1 amide bonds. The Hall–Kier alpha value is -3.14. The second-order valence-corrected chi connectivity index (χ2v) is 4.56. The van der Waals surface area contributed by atoms with Gasteiger partial charge in [0, 0.05) is 16.7 Å². The van der Waals surface area contributed by atoms with Crippen LogP contribution in [0.25, 0.3) is 0 Å². The molecule has 0 bridgehead atoms. The quantitative estimate of drug-likeness (QED) is 0.386. The molecular formula is C17H29NO9. The lowest BCUT2D eigenvalue weighted by molar-refractivity contribution is -0.140. The number of aliphatic hydroxyl groups excluding tert-OH is 1. The Bertz CT molecular complexity index is 476. The van der Waals surface area contributed by atoms with Crippen LogP contribution in [0, 0.1) is 0 Å². The van der Waals surface area contributed by atoms with E-state index in [-0.39, 0.29) is 24.4 Å². The fourth-order valence-electron chi connectivity index (χ4n) is 0.404. The van der Waals surface area contributed by atoms with E-state index < -0.39 is 24.0 Å². The summed E-state index contributed by atoms with van der Waals surface area (Å²) in [6, 6.07) is 0. The standard InChI is InChI=1S/C6H10O3.2C4H6O2.C3H7NO2/c1-5(2)6(8)9-4-3-7;2*1-3(2)4(5)6;1-2-6-3(4)5/h7H,1,3-4H2,2H3;2*1H2,2H3,(H,5,6);2H2,1H3,(H2,4,5). The number of hydrogen-bond acceptors (Lipinski definition) is 7. The number of ether oxygens (including phenoxy) is 2. The number of hydrogen-bond donors (Lipinski definition) is 4. The Morgan fingerprint density at radius 3 is 1.30 bits per heavy atom. The first kappa shape index (κ1) is 31.6. The predicted molar refractivity (Wildman–Crippen MR) is 99.0 cm³/mol. The second kappa shape index (κ2) is 20.9. The molecule has 27 heavy (non-hydrogen) atoms. The van der Waals surface area contributed by atoms with Crippen LogP contribution in [0.3, 0.4) is 0 Å². The third-order valence-corrected chi connectivity index (χ3v) is 1.69. The summed E-state index contributed by atoms with van der Waals surface area (Å²) >= 11 is 0. The molecule has 0 unspecified atom stereocenters. The van der Waals surface area contributed by atoms with Crippen molar-refractivity contribution in [3.8, 4) is 0 Å². The number of carboxylic acid groups (broad SMARTS) is 2. The minimum Gasteiger partial charge on any atom is -0.478 e. The number of aliphatic hydroxyl groups is 1. The Kier molecular flexibility index (Phi) is 24.5. The number of amides is 1. The second-order valence-electron chi connectivity index (χ2n) is 4.56. The van der Waals surface area contributed by atoms with Gasteiger partial charge in [0.2, 0.25) is 0 Å². The molecule has 10 heteroatoms. The summed E-state index contributed by atoms with van der Waals surface area (Å²) in [4.78, 5) is 39.3. The summed E-state index contributed by atoms with van der Waals surface area (Å²) in [5.41, 5.74) is 5.24. The molecule has 0 aromatic rings. The molecule has 0 spiro atoms. The largest absolute Gasteiger partial charge is 0.478 e. The van der Waals surface area contributed by atoms with Gasteiger partial charge in [0.1, 0.15) is 6.61 Å². The number of carbonyl (C=O) groups is 4. The van der Waals surface area contributed by atoms with E-state index >= 15 is 0 Å². The van der Waals surface area contributed by atoms with E-state index in [1.807, 2.05) is 0 Å². The predicted octanol–water partition coefficient (Wildman–Crippen LogP) is 1.49. The molecule has 5 N–H and O–H groups in total. The molecule has 0 aromatic carbocycles. The molecule has 0 aromatic heterocycles. The number of aliphatic carboxylic acids is 2. The molecule has 0 aliphatic rings. The number of esters is 1. The molecule has 0 rings (SSSR count). The molecule has 0 saturated carbocycles. The van der Waals surface area contributed by atoms with Crippen LogP contribution >= 0.6 is 0 Å². The molecule has 0 fully saturated rings. The first-order chi connectivity index (χ1) is 12.2. The first-order valence-electron chi connectivity index (χ1n) is 7.37. The molecule has 156 valence electrons. The van der Waals surface area contributed by atoms with Gasteiger partial charge < -0.3 is 30.5 Å². The van der Waals surface area contributed by atoms with Gasteiger partial charge in [-0.15, -0.1) is 0 Å². The summed E-state index contributed by atoms with van der Waals surface area (Å²) in [6.45, 7) is 16.1. The van der Waals surface area contributed by atoms with E-state index in [0.29, 0.717) is 12.2 Å². The zero-order chi connectivity index (χ0) is 22.6. The average molecular weight is 391 g/mol. The third kappa shape index (κ3) is 39.5. The van der Waals surface area contributed by atoms with Gasteiger partial charge in [0.25, 0.3) is 0 Å². The Morgan fingerprint density at radius 2 is 1.19 bits per heavy atom. The number of rotatable bonds is 6. The SMILES string of the molecule is C=C(C)C(=O)O.C=C(C)C(=O)O.C=C(C)C(=O)OCCO.CCOC(N)=O. The van der Waals surface area contributed by atoms with E-state index in [2.05, 4.69) is 34.9 Å². The van der Waals surface area contributed by atoms with Crippen molar-refractivity contribution < 1.29 is 44.0 Å². The van der Waals surface area contributed by atoms with E-state index in [1.165, 1.54) is 13.8 Å². The summed E-state index contributed by atoms with van der Waals surface area (Å²) in [6.07, 6.45) is -0.711. The molecule has 0 heterocycles. The van der Waals surface area contributed by atoms with Gasteiger partial charge >= 0.3 is 24.0 Å². The minimum atomic E-state index is -0.935. The van der Waals surface area contributed by atoms with Crippen molar-refractivity contribution in [2.24, 2.45) is 5.73 Å². The highest BCUT2D eigenvalue weighted by atomic mass is 16.5. The van der Waals surface area contributed by atoms with Crippen molar-refractivity contribution >= 4 is 24.0 Å². The zero-order valence-electron chi connectivity index (χ0n) is 16.1. The van der Waals surface area contributed by atoms with Gasteiger partial charge in [0.15, 0.2) is 0 Å². The molecular weight excluding hydrogens is 362 g/mol. The van der Waals surface area contributed by atoms with E-state index in [9.17, 15) is 19.2 Å². The van der Waals surface area contributed by atoms with Gasteiger partial charge in [-0.3, -0.25) is 0 Å². The van der Waals surface area contributed by atoms with Gasteiger partial charge in [-0.2, -0.15) is 0 Å². The lowest BCUT2D eigenvalue weighted by Crippen LogP contribution is -2.11. The van der Waals surface area contributed by atoms with E-state index in [4.69, 9.17) is 15.3 Å². The van der Waals surface area contributed by atoms with Crippen LogP contribution < -0.4 is 5.73 Å². The van der Waals surface area contributed by atoms with Crippen LogP contribution in [0.2, 0.25) is 0 Å². The minimum absolute atomic E-state index is 0.0473. The van der Waals surface area contributed by atoms with Crippen LogP contribution in [0.4, 0.5) is 4.79 Å². The van der Waals surface area contributed by atoms with Crippen LogP contribution in [0.15, 0.2) is 36.5 Å². The lowest BCUT2D eigenvalue weighted by Gasteiger charge is -1.99. The van der Waals surface area contributed by atoms with Crippen molar-refractivity contribution in [2.45, 2.75) is 27.7 Å². The van der Waals surface area contributed by atoms with Crippen molar-refractivity contribution in [1.82, 2.24) is 0 Å². The highest BCUT2D eigenvalue weighted by molar-refractivity contribution is 5.87. The number of carbonyl (C=O) groups excluding carboxylic acids is 2. The van der Waals surface area contributed by atoms with Crippen molar-refractivity contribution in [2.75, 3.05) is 19.8 Å². The molecule has 0 atom stereocenters. The van der Waals surface area contributed by atoms with Crippen molar-refractivity contribution in [1.29, 1.82) is 0 Å². The normalized spacial score (nSPS) is 7.89. The highest BCUT2D eigenvalue weighted by Crippen LogP contribution is 1.90. The fourth-order valence-corrected chi connectivity index (χ4v) is 0.404. The molecule has 0 aliphatic carbocycles. The van der Waals surface area contributed by atoms with Gasteiger partial charge in [-0.1, -0.05) is 19.7 Å². The fraction of sp³-hybridized carbons (Fsp3) is 0.412. The highest BCUT2D eigenvalue weighted by Gasteiger charge is 1.99. The molecule has 0 radical (unpaired) electrons. The smallest absolute Gasteiger partial charge is 0.404 e. The molecule has 0 aliphatic heterocycles. The average Bonchev–Trinajstić information content (AvgIpc) is 2.53. The van der Waals surface area contributed by atoms with Crippen LogP contribution in [0.5, 0.6) is 0 Å². The maximum absolute atomic E-state index is 10.5. The summed E-state index contributed by atoms with van der Waals surface area (Å²) in [5, 5.41) is 24.0. The Labute approximate surface area is 158 Å². The Balaban J connectivity index is -0.000000133. The van der Waals surface area contributed by atoms with E-state index in [1.54, 1.807) is 13.8 Å². The molecule has 10 nitrogen and oxygen atoms in total. The number of nitrogens with two attached hydrogens (primary N) is 1. The van der Waals surface area contributed by atoms with E-state index in [0.717, 1.165) is 0 Å². The van der Waals surface area contributed by atoms with Crippen LogP contribution in [0.1, 0.15) is 27.7 Å². The monoisotopic (exact) mass is 391 g/mol. The zero-order valence-corrected chi connectivity index (χ0v) is 16.1. The van der Waals surface area contributed by atoms with Gasteiger partial charge in [-0.25, -0.2) is 19.2 Å². The Morgan fingerprint density at radius 1 is 0.852 bits per heavy atom.